The van der Waals surface area contributed by atoms with E-state index in [9.17, 15) is 9.59 Å². The summed E-state index contributed by atoms with van der Waals surface area (Å²) in [6, 6.07) is 5.67. The second-order valence-corrected chi connectivity index (χ2v) is 5.50. The Hall–Kier alpha value is -2.62. The summed E-state index contributed by atoms with van der Waals surface area (Å²) >= 11 is 0. The molecule has 3 rings (SSSR count). The Morgan fingerprint density at radius 2 is 1.95 bits per heavy atom. The van der Waals surface area contributed by atoms with E-state index in [-0.39, 0.29) is 17.6 Å². The van der Waals surface area contributed by atoms with Crippen LogP contribution in [0.5, 0.6) is 0 Å². The Balaban J connectivity index is 1.84. The van der Waals surface area contributed by atoms with Crippen LogP contribution in [-0.4, -0.2) is 18.0 Å². The van der Waals surface area contributed by atoms with Crippen molar-refractivity contribution in [1.29, 1.82) is 0 Å². The van der Waals surface area contributed by atoms with Gasteiger partial charge in [-0.2, -0.15) is 0 Å². The lowest BCUT2D eigenvalue weighted by Crippen LogP contribution is -2.34. The minimum atomic E-state index is -0.580. The van der Waals surface area contributed by atoms with Gasteiger partial charge in [-0.15, -0.1) is 0 Å². The van der Waals surface area contributed by atoms with E-state index in [4.69, 9.17) is 4.74 Å². The average molecular weight is 295 g/mol. The summed E-state index contributed by atoms with van der Waals surface area (Å²) in [7, 11) is 0. The summed E-state index contributed by atoms with van der Waals surface area (Å²) in [6.45, 7) is 3.91. The Bertz CT molecular complexity index is 728. The summed E-state index contributed by atoms with van der Waals surface area (Å²) < 4.78 is 5.31. The van der Waals surface area contributed by atoms with Gasteiger partial charge in [-0.3, -0.25) is 4.79 Å². The number of hydrogen-bond donors (Lipinski definition) is 1. The quantitative estimate of drug-likeness (QED) is 0.674. The molecule has 0 saturated carbocycles. The van der Waals surface area contributed by atoms with Gasteiger partial charge in [0.2, 0.25) is 0 Å². The van der Waals surface area contributed by atoms with Gasteiger partial charge in [0, 0.05) is 11.6 Å². The van der Waals surface area contributed by atoms with Crippen molar-refractivity contribution in [3.05, 3.63) is 65.3 Å². The van der Waals surface area contributed by atoms with Crippen molar-refractivity contribution in [3.8, 4) is 0 Å². The van der Waals surface area contributed by atoms with Crippen molar-refractivity contribution in [2.24, 2.45) is 5.92 Å². The van der Waals surface area contributed by atoms with Crippen LogP contribution in [0.15, 0.2) is 54.2 Å². The van der Waals surface area contributed by atoms with Crippen molar-refractivity contribution in [3.63, 3.8) is 0 Å². The molecule has 22 heavy (non-hydrogen) atoms. The van der Waals surface area contributed by atoms with E-state index in [1.54, 1.807) is 6.08 Å². The third-order valence-electron chi connectivity index (χ3n) is 4.04. The molecule has 1 aromatic rings. The van der Waals surface area contributed by atoms with Crippen molar-refractivity contribution >= 4 is 17.6 Å². The number of aryl methyl sites for hydroxylation is 1. The second-order valence-electron chi connectivity index (χ2n) is 5.50. The highest BCUT2D eigenvalue weighted by atomic mass is 16.5. The molecule has 4 heteroatoms. The average Bonchev–Trinajstić information content (AvgIpc) is 2.51. The molecule has 0 spiro atoms. The van der Waals surface area contributed by atoms with Crippen LogP contribution in [0.4, 0.5) is 5.69 Å². The van der Waals surface area contributed by atoms with E-state index in [1.165, 1.54) is 0 Å². The van der Waals surface area contributed by atoms with Crippen LogP contribution >= 0.6 is 0 Å². The Morgan fingerprint density at radius 1 is 1.18 bits per heavy atom. The third-order valence-corrected chi connectivity index (χ3v) is 4.04. The molecule has 0 radical (unpaired) electrons. The molecule has 4 nitrogen and oxygen atoms in total. The summed E-state index contributed by atoms with van der Waals surface area (Å²) in [6.07, 6.45) is 8.83. The highest BCUT2D eigenvalue weighted by Gasteiger charge is 2.32. The van der Waals surface area contributed by atoms with Crippen molar-refractivity contribution in [1.82, 2.24) is 0 Å². The van der Waals surface area contributed by atoms with Gasteiger partial charge < -0.3 is 10.1 Å². The zero-order valence-corrected chi connectivity index (χ0v) is 12.5. The molecule has 0 fully saturated rings. The third kappa shape index (κ3) is 2.60. The van der Waals surface area contributed by atoms with Gasteiger partial charge in [-0.25, -0.2) is 4.79 Å². The standard InChI is InChI=1S/C18H17NO3/c1-11-6-5-8-15(12(11)2)19-17(20)14-10-13-7-3-4-9-16(13)22-18(14)21/h3-10,13,16H,1-2H3,(H,19,20). The number of amides is 1. The minimum absolute atomic E-state index is 0.0575. The molecule has 1 aromatic carbocycles. The van der Waals surface area contributed by atoms with Gasteiger partial charge in [-0.05, 0) is 37.1 Å². The van der Waals surface area contributed by atoms with E-state index in [1.807, 2.05) is 56.4 Å². The lowest BCUT2D eigenvalue weighted by Gasteiger charge is -2.27. The van der Waals surface area contributed by atoms with Crippen LogP contribution in [-0.2, 0) is 14.3 Å². The fraction of sp³-hybridized carbons (Fsp3) is 0.222. The summed E-state index contributed by atoms with van der Waals surface area (Å²) in [5.41, 5.74) is 2.83. The SMILES string of the molecule is Cc1cccc(NC(=O)C2=CC3C=CC=CC3OC2=O)c1C. The van der Waals surface area contributed by atoms with Gasteiger partial charge in [0.25, 0.3) is 5.91 Å². The zero-order chi connectivity index (χ0) is 15.7. The fourth-order valence-electron chi connectivity index (χ4n) is 2.56. The smallest absolute Gasteiger partial charge is 0.344 e. The number of allylic oxidation sites excluding steroid dienone is 2. The Morgan fingerprint density at radius 3 is 2.77 bits per heavy atom. The van der Waals surface area contributed by atoms with Crippen molar-refractivity contribution < 1.29 is 14.3 Å². The first-order valence-corrected chi connectivity index (χ1v) is 7.21. The maximum atomic E-state index is 12.4. The zero-order valence-electron chi connectivity index (χ0n) is 12.5. The molecule has 1 amide bonds. The Labute approximate surface area is 129 Å². The topological polar surface area (TPSA) is 55.4 Å². The first-order chi connectivity index (χ1) is 10.6. The van der Waals surface area contributed by atoms with Crippen molar-refractivity contribution in [2.45, 2.75) is 20.0 Å². The number of carbonyl (C=O) groups is 2. The number of rotatable bonds is 2. The Kier molecular flexibility index (Phi) is 3.67. The van der Waals surface area contributed by atoms with Crippen LogP contribution in [0.2, 0.25) is 0 Å². The van der Waals surface area contributed by atoms with Crippen LogP contribution in [0.3, 0.4) is 0 Å². The maximum Gasteiger partial charge on any atom is 0.344 e. The number of ether oxygens (including phenoxy) is 1. The monoisotopic (exact) mass is 295 g/mol. The first kappa shape index (κ1) is 14.3. The number of benzene rings is 1. The van der Waals surface area contributed by atoms with E-state index in [2.05, 4.69) is 5.32 Å². The molecular formula is C18H17NO3. The maximum absolute atomic E-state index is 12.4. The number of carbonyl (C=O) groups excluding carboxylic acids is 2. The van der Waals surface area contributed by atoms with E-state index in [0.717, 1.165) is 11.1 Å². The molecule has 0 aromatic heterocycles. The molecule has 112 valence electrons. The molecule has 0 saturated heterocycles. The van der Waals surface area contributed by atoms with Gasteiger partial charge in [0.05, 0.1) is 0 Å². The normalized spacial score (nSPS) is 22.6. The van der Waals surface area contributed by atoms with Crippen LogP contribution < -0.4 is 5.32 Å². The molecule has 1 N–H and O–H groups in total. The largest absolute Gasteiger partial charge is 0.453 e. The van der Waals surface area contributed by atoms with Gasteiger partial charge in [-0.1, -0.05) is 36.4 Å². The first-order valence-electron chi connectivity index (χ1n) is 7.21. The highest BCUT2D eigenvalue weighted by molar-refractivity contribution is 6.21. The lowest BCUT2D eigenvalue weighted by atomic mass is 9.92. The van der Waals surface area contributed by atoms with Crippen LogP contribution in [0, 0.1) is 19.8 Å². The van der Waals surface area contributed by atoms with Crippen LogP contribution in [0.25, 0.3) is 0 Å². The lowest BCUT2D eigenvalue weighted by molar-refractivity contribution is -0.145. The number of anilines is 1. The summed E-state index contributed by atoms with van der Waals surface area (Å²) in [4.78, 5) is 24.4. The van der Waals surface area contributed by atoms with Crippen LogP contribution in [0.1, 0.15) is 11.1 Å². The molecule has 0 bridgehead atoms. The molecule has 2 aliphatic rings. The number of esters is 1. The summed E-state index contributed by atoms with van der Waals surface area (Å²) in [5.74, 6) is -1.09. The number of hydrogen-bond acceptors (Lipinski definition) is 3. The minimum Gasteiger partial charge on any atom is -0.453 e. The highest BCUT2D eigenvalue weighted by Crippen LogP contribution is 2.26. The summed E-state index contributed by atoms with van der Waals surface area (Å²) in [5, 5.41) is 2.80. The van der Waals surface area contributed by atoms with E-state index in [0.29, 0.717) is 5.69 Å². The van der Waals surface area contributed by atoms with E-state index >= 15 is 0 Å². The molecule has 1 heterocycles. The van der Waals surface area contributed by atoms with Gasteiger partial charge in [0.15, 0.2) is 0 Å². The molecular weight excluding hydrogens is 278 g/mol. The molecule has 1 aliphatic carbocycles. The van der Waals surface area contributed by atoms with Crippen molar-refractivity contribution in [2.75, 3.05) is 5.32 Å². The second kappa shape index (κ2) is 5.64. The van der Waals surface area contributed by atoms with Gasteiger partial charge >= 0.3 is 5.97 Å². The molecule has 2 unspecified atom stereocenters. The number of nitrogens with one attached hydrogen (secondary N) is 1. The molecule has 2 atom stereocenters. The van der Waals surface area contributed by atoms with E-state index < -0.39 is 11.9 Å². The van der Waals surface area contributed by atoms with Gasteiger partial charge in [0.1, 0.15) is 11.7 Å². The fourth-order valence-corrected chi connectivity index (χ4v) is 2.56. The number of fused-ring (bicyclic) bond motifs is 1. The predicted molar refractivity (Wildman–Crippen MR) is 84.3 cm³/mol. The predicted octanol–water partition coefficient (Wildman–Crippen LogP) is 2.84. The molecule has 1 aliphatic heterocycles.